The molecule has 28 heavy (non-hydrogen) atoms. The first-order valence-corrected chi connectivity index (χ1v) is 10.4. The molecule has 1 atom stereocenters. The SMILES string of the molecule is Cc1ccn(-c2ccc(NS(=O)(=O)c3ccc([C@@H]4CNC(=O)C4)cc3)cc2)n1. The highest BCUT2D eigenvalue weighted by atomic mass is 32.2. The van der Waals surface area contributed by atoms with Crippen LogP contribution < -0.4 is 10.0 Å². The van der Waals surface area contributed by atoms with Crippen molar-refractivity contribution in [2.24, 2.45) is 0 Å². The van der Waals surface area contributed by atoms with Crippen LogP contribution in [0.2, 0.25) is 0 Å². The smallest absolute Gasteiger partial charge is 0.261 e. The van der Waals surface area contributed by atoms with E-state index >= 15 is 0 Å². The first-order valence-electron chi connectivity index (χ1n) is 8.93. The quantitative estimate of drug-likeness (QED) is 0.693. The molecule has 0 unspecified atom stereocenters. The molecule has 0 saturated carbocycles. The number of nitrogens with zero attached hydrogens (tertiary/aromatic N) is 2. The van der Waals surface area contributed by atoms with E-state index < -0.39 is 10.0 Å². The lowest BCUT2D eigenvalue weighted by molar-refractivity contribution is -0.119. The number of anilines is 1. The number of aromatic nitrogens is 2. The minimum Gasteiger partial charge on any atom is -0.355 e. The number of sulfonamides is 1. The summed E-state index contributed by atoms with van der Waals surface area (Å²) in [6, 6.07) is 15.6. The number of nitrogens with one attached hydrogen (secondary N) is 2. The molecule has 1 aliphatic heterocycles. The van der Waals surface area contributed by atoms with Gasteiger partial charge in [0.2, 0.25) is 5.91 Å². The fraction of sp³-hybridized carbons (Fsp3) is 0.200. The van der Waals surface area contributed by atoms with Crippen molar-refractivity contribution in [1.29, 1.82) is 0 Å². The van der Waals surface area contributed by atoms with Crippen molar-refractivity contribution < 1.29 is 13.2 Å². The highest BCUT2D eigenvalue weighted by molar-refractivity contribution is 7.92. The molecule has 2 heterocycles. The Bertz CT molecular complexity index is 1100. The number of benzene rings is 2. The van der Waals surface area contributed by atoms with Crippen molar-refractivity contribution in [3.8, 4) is 5.69 Å². The summed E-state index contributed by atoms with van der Waals surface area (Å²) in [6.45, 7) is 2.50. The Hall–Kier alpha value is -3.13. The lowest BCUT2D eigenvalue weighted by atomic mass is 9.99. The minimum atomic E-state index is -3.69. The van der Waals surface area contributed by atoms with Gasteiger partial charge >= 0.3 is 0 Å². The van der Waals surface area contributed by atoms with Crippen LogP contribution in [0.4, 0.5) is 5.69 Å². The Kier molecular flexibility index (Phi) is 4.64. The third-order valence-electron chi connectivity index (χ3n) is 4.75. The maximum atomic E-state index is 12.6. The number of rotatable bonds is 5. The van der Waals surface area contributed by atoms with Crippen LogP contribution in [-0.4, -0.2) is 30.7 Å². The van der Waals surface area contributed by atoms with Crippen molar-refractivity contribution >= 4 is 21.6 Å². The second-order valence-corrected chi connectivity index (χ2v) is 8.51. The summed E-state index contributed by atoms with van der Waals surface area (Å²) in [7, 11) is -3.69. The summed E-state index contributed by atoms with van der Waals surface area (Å²) in [5.74, 6) is 0.118. The number of carbonyl (C=O) groups excluding carboxylic acids is 1. The first-order chi connectivity index (χ1) is 13.4. The van der Waals surface area contributed by atoms with E-state index in [0.717, 1.165) is 16.9 Å². The maximum absolute atomic E-state index is 12.6. The second kappa shape index (κ2) is 7.12. The topological polar surface area (TPSA) is 93.1 Å². The molecule has 1 aromatic heterocycles. The van der Waals surface area contributed by atoms with Gasteiger partial charge in [-0.05, 0) is 55.0 Å². The fourth-order valence-electron chi connectivity index (χ4n) is 3.22. The van der Waals surface area contributed by atoms with Gasteiger partial charge in [0.05, 0.1) is 16.3 Å². The highest BCUT2D eigenvalue weighted by Crippen LogP contribution is 2.25. The van der Waals surface area contributed by atoms with Gasteiger partial charge in [0.1, 0.15) is 0 Å². The predicted molar refractivity (Wildman–Crippen MR) is 106 cm³/mol. The van der Waals surface area contributed by atoms with Crippen LogP contribution in [0.5, 0.6) is 0 Å². The van der Waals surface area contributed by atoms with Gasteiger partial charge in [0.15, 0.2) is 0 Å². The Morgan fingerprint density at radius 3 is 2.36 bits per heavy atom. The van der Waals surface area contributed by atoms with E-state index in [1.54, 1.807) is 53.2 Å². The highest BCUT2D eigenvalue weighted by Gasteiger charge is 2.23. The average Bonchev–Trinajstić information content (AvgIpc) is 3.31. The van der Waals surface area contributed by atoms with E-state index in [1.807, 2.05) is 19.2 Å². The molecule has 1 fully saturated rings. The Balaban J connectivity index is 1.48. The monoisotopic (exact) mass is 396 g/mol. The van der Waals surface area contributed by atoms with Gasteiger partial charge in [0.25, 0.3) is 10.0 Å². The van der Waals surface area contributed by atoms with Crippen molar-refractivity contribution in [2.45, 2.75) is 24.2 Å². The maximum Gasteiger partial charge on any atom is 0.261 e. The van der Waals surface area contributed by atoms with Crippen molar-refractivity contribution in [3.05, 3.63) is 72.1 Å². The Morgan fingerprint density at radius 1 is 1.07 bits per heavy atom. The van der Waals surface area contributed by atoms with E-state index in [9.17, 15) is 13.2 Å². The molecule has 1 amide bonds. The zero-order valence-corrected chi connectivity index (χ0v) is 16.1. The minimum absolute atomic E-state index is 0.0251. The standard InChI is InChI=1S/C20H20N4O3S/c1-14-10-11-24(22-14)18-6-4-17(5-7-18)23-28(26,27)19-8-2-15(3-9-19)16-12-20(25)21-13-16/h2-11,16,23H,12-13H2,1H3,(H,21,25)/t16-/m0/s1. The van der Waals surface area contributed by atoms with Gasteiger partial charge in [0, 0.05) is 30.8 Å². The normalized spacial score (nSPS) is 16.8. The molecular formula is C20H20N4O3S. The van der Waals surface area contributed by atoms with E-state index in [0.29, 0.717) is 18.7 Å². The van der Waals surface area contributed by atoms with Gasteiger partial charge in [-0.3, -0.25) is 9.52 Å². The molecule has 0 aliphatic carbocycles. The van der Waals surface area contributed by atoms with Crippen LogP contribution >= 0.6 is 0 Å². The Morgan fingerprint density at radius 2 is 1.79 bits per heavy atom. The van der Waals surface area contributed by atoms with E-state index in [4.69, 9.17) is 0 Å². The van der Waals surface area contributed by atoms with Crippen LogP contribution in [0.3, 0.4) is 0 Å². The molecule has 0 spiro atoms. The molecule has 4 rings (SSSR count). The average molecular weight is 396 g/mol. The summed E-state index contributed by atoms with van der Waals surface area (Å²) in [5, 5.41) is 7.12. The lowest BCUT2D eigenvalue weighted by Gasteiger charge is -2.11. The van der Waals surface area contributed by atoms with Crippen LogP contribution in [0.25, 0.3) is 5.69 Å². The van der Waals surface area contributed by atoms with E-state index in [2.05, 4.69) is 15.1 Å². The molecular weight excluding hydrogens is 376 g/mol. The number of amides is 1. The number of carbonyl (C=O) groups is 1. The van der Waals surface area contributed by atoms with Gasteiger partial charge in [-0.1, -0.05) is 12.1 Å². The van der Waals surface area contributed by atoms with Crippen molar-refractivity contribution in [3.63, 3.8) is 0 Å². The van der Waals surface area contributed by atoms with Gasteiger partial charge < -0.3 is 5.32 Å². The lowest BCUT2D eigenvalue weighted by Crippen LogP contribution is -2.14. The molecule has 1 aliphatic rings. The molecule has 7 nitrogen and oxygen atoms in total. The number of aryl methyl sites for hydroxylation is 1. The third kappa shape index (κ3) is 3.77. The molecule has 0 bridgehead atoms. The molecule has 144 valence electrons. The van der Waals surface area contributed by atoms with Crippen molar-refractivity contribution in [1.82, 2.24) is 15.1 Å². The summed E-state index contributed by atoms with van der Waals surface area (Å²) < 4.78 is 29.6. The molecule has 1 saturated heterocycles. The number of hydrogen-bond acceptors (Lipinski definition) is 4. The van der Waals surface area contributed by atoms with Crippen LogP contribution in [0.15, 0.2) is 65.7 Å². The van der Waals surface area contributed by atoms with Gasteiger partial charge in [-0.2, -0.15) is 5.10 Å². The Labute approximate surface area is 163 Å². The molecule has 2 aromatic carbocycles. The second-order valence-electron chi connectivity index (χ2n) is 6.83. The predicted octanol–water partition coefficient (Wildman–Crippen LogP) is 2.59. The van der Waals surface area contributed by atoms with Gasteiger partial charge in [-0.15, -0.1) is 0 Å². The summed E-state index contributed by atoms with van der Waals surface area (Å²) in [6.07, 6.45) is 2.29. The third-order valence-corrected chi connectivity index (χ3v) is 6.14. The molecule has 0 radical (unpaired) electrons. The molecule has 8 heteroatoms. The largest absolute Gasteiger partial charge is 0.355 e. The zero-order chi connectivity index (χ0) is 19.7. The molecule has 3 aromatic rings. The summed E-state index contributed by atoms with van der Waals surface area (Å²) in [5.41, 5.74) is 3.18. The van der Waals surface area contributed by atoms with E-state index in [1.165, 1.54) is 0 Å². The number of hydrogen-bond donors (Lipinski definition) is 2. The first kappa shape index (κ1) is 18.2. The van der Waals surface area contributed by atoms with Crippen LogP contribution in [0, 0.1) is 6.92 Å². The van der Waals surface area contributed by atoms with Crippen LogP contribution in [-0.2, 0) is 14.8 Å². The fourth-order valence-corrected chi connectivity index (χ4v) is 4.27. The van der Waals surface area contributed by atoms with Crippen molar-refractivity contribution in [2.75, 3.05) is 11.3 Å². The zero-order valence-electron chi connectivity index (χ0n) is 15.3. The van der Waals surface area contributed by atoms with E-state index in [-0.39, 0.29) is 16.7 Å². The summed E-state index contributed by atoms with van der Waals surface area (Å²) in [4.78, 5) is 11.5. The molecule has 2 N–H and O–H groups in total. The summed E-state index contributed by atoms with van der Waals surface area (Å²) >= 11 is 0. The van der Waals surface area contributed by atoms with Gasteiger partial charge in [-0.25, -0.2) is 13.1 Å². The van der Waals surface area contributed by atoms with Crippen LogP contribution in [0.1, 0.15) is 23.6 Å².